The van der Waals surface area contributed by atoms with Gasteiger partial charge in [0.25, 0.3) is 0 Å². The fourth-order valence-corrected chi connectivity index (χ4v) is 2.33. The van der Waals surface area contributed by atoms with Gasteiger partial charge in [-0.1, -0.05) is 19.9 Å². The van der Waals surface area contributed by atoms with Crippen LogP contribution in [0, 0.1) is 0 Å². The largest absolute Gasteiger partial charge is 0.397 e. The van der Waals surface area contributed by atoms with Crippen molar-refractivity contribution in [2.24, 2.45) is 0 Å². The minimum atomic E-state index is 0.573. The number of nitrogens with zero attached hydrogens (tertiary/aromatic N) is 1. The molecular formula is C14H22N2. The molecule has 88 valence electrons. The molecule has 1 aromatic carbocycles. The molecule has 1 aliphatic rings. The Labute approximate surface area is 98.4 Å². The van der Waals surface area contributed by atoms with E-state index < -0.39 is 0 Å². The van der Waals surface area contributed by atoms with Crippen LogP contribution in [0.1, 0.15) is 44.6 Å². The van der Waals surface area contributed by atoms with E-state index in [4.69, 9.17) is 5.73 Å². The summed E-state index contributed by atoms with van der Waals surface area (Å²) in [5.74, 6) is 0.573. The zero-order chi connectivity index (χ0) is 11.5. The van der Waals surface area contributed by atoms with Crippen LogP contribution < -0.4 is 10.6 Å². The first-order valence-corrected chi connectivity index (χ1v) is 6.33. The van der Waals surface area contributed by atoms with E-state index in [-0.39, 0.29) is 0 Å². The first kappa shape index (κ1) is 11.3. The van der Waals surface area contributed by atoms with E-state index in [1.54, 1.807) is 0 Å². The van der Waals surface area contributed by atoms with Gasteiger partial charge in [-0.3, -0.25) is 0 Å². The van der Waals surface area contributed by atoms with Crippen LogP contribution in [0.15, 0.2) is 18.2 Å². The Balaban J connectivity index is 2.27. The lowest BCUT2D eigenvalue weighted by Gasteiger charge is -2.30. The van der Waals surface area contributed by atoms with E-state index >= 15 is 0 Å². The smallest absolute Gasteiger partial charge is 0.0602 e. The van der Waals surface area contributed by atoms with Crippen molar-refractivity contribution in [1.29, 1.82) is 0 Å². The maximum atomic E-state index is 6.08. The highest BCUT2D eigenvalue weighted by Crippen LogP contribution is 2.29. The second-order valence-electron chi connectivity index (χ2n) is 5.02. The number of anilines is 2. The molecule has 0 aromatic heterocycles. The van der Waals surface area contributed by atoms with E-state index in [1.165, 1.54) is 30.5 Å². The van der Waals surface area contributed by atoms with Crippen LogP contribution in [0.2, 0.25) is 0 Å². The van der Waals surface area contributed by atoms with Crippen LogP contribution in [0.25, 0.3) is 0 Å². The molecule has 0 bridgehead atoms. The molecule has 0 atom stereocenters. The zero-order valence-corrected chi connectivity index (χ0v) is 10.4. The lowest BCUT2D eigenvalue weighted by Crippen LogP contribution is -2.30. The van der Waals surface area contributed by atoms with Crippen molar-refractivity contribution in [3.05, 3.63) is 23.8 Å². The summed E-state index contributed by atoms with van der Waals surface area (Å²) in [5, 5.41) is 0. The lowest BCUT2D eigenvalue weighted by molar-refractivity contribution is 0.578. The quantitative estimate of drug-likeness (QED) is 0.771. The fourth-order valence-electron chi connectivity index (χ4n) is 2.33. The average Bonchev–Trinajstić information content (AvgIpc) is 2.30. The van der Waals surface area contributed by atoms with E-state index in [1.807, 2.05) is 0 Å². The predicted molar refractivity (Wildman–Crippen MR) is 71.0 cm³/mol. The minimum absolute atomic E-state index is 0.573. The number of hydrogen-bond acceptors (Lipinski definition) is 2. The van der Waals surface area contributed by atoms with Crippen LogP contribution in [0.3, 0.4) is 0 Å². The Morgan fingerprint density at radius 2 is 1.81 bits per heavy atom. The molecule has 1 saturated heterocycles. The molecule has 2 rings (SSSR count). The van der Waals surface area contributed by atoms with Gasteiger partial charge >= 0.3 is 0 Å². The fraction of sp³-hybridized carbons (Fsp3) is 0.571. The third-order valence-corrected chi connectivity index (χ3v) is 3.42. The summed E-state index contributed by atoms with van der Waals surface area (Å²) in [4.78, 5) is 2.44. The molecule has 0 aliphatic carbocycles. The molecule has 2 nitrogen and oxygen atoms in total. The number of benzene rings is 1. The maximum absolute atomic E-state index is 6.08. The number of nitrogen functional groups attached to an aromatic ring is 1. The van der Waals surface area contributed by atoms with Gasteiger partial charge in [-0.15, -0.1) is 0 Å². The van der Waals surface area contributed by atoms with Crippen LogP contribution in [0.4, 0.5) is 11.4 Å². The summed E-state index contributed by atoms with van der Waals surface area (Å²) in [7, 11) is 0. The molecule has 1 fully saturated rings. The van der Waals surface area contributed by atoms with Crippen LogP contribution in [0.5, 0.6) is 0 Å². The van der Waals surface area contributed by atoms with Crippen molar-refractivity contribution in [3.63, 3.8) is 0 Å². The summed E-state index contributed by atoms with van der Waals surface area (Å²) in [6.45, 7) is 6.77. The van der Waals surface area contributed by atoms with Gasteiger partial charge < -0.3 is 10.6 Å². The van der Waals surface area contributed by atoms with Crippen molar-refractivity contribution < 1.29 is 0 Å². The monoisotopic (exact) mass is 218 g/mol. The molecule has 1 heterocycles. The molecule has 1 aliphatic heterocycles. The van der Waals surface area contributed by atoms with E-state index in [9.17, 15) is 0 Å². The first-order chi connectivity index (χ1) is 7.68. The van der Waals surface area contributed by atoms with Crippen LogP contribution in [-0.4, -0.2) is 13.1 Å². The van der Waals surface area contributed by atoms with Gasteiger partial charge in [0.1, 0.15) is 0 Å². The average molecular weight is 218 g/mol. The Hall–Kier alpha value is -1.18. The summed E-state index contributed by atoms with van der Waals surface area (Å²) in [5.41, 5.74) is 9.63. The minimum Gasteiger partial charge on any atom is -0.397 e. The van der Waals surface area contributed by atoms with Crippen molar-refractivity contribution in [2.45, 2.75) is 39.0 Å². The highest BCUT2D eigenvalue weighted by atomic mass is 15.1. The topological polar surface area (TPSA) is 29.3 Å². The Morgan fingerprint density at radius 3 is 2.44 bits per heavy atom. The highest BCUT2D eigenvalue weighted by molar-refractivity contribution is 5.69. The molecule has 0 amide bonds. The number of rotatable bonds is 2. The van der Waals surface area contributed by atoms with Gasteiger partial charge in [0.15, 0.2) is 0 Å². The molecule has 2 N–H and O–H groups in total. The van der Waals surface area contributed by atoms with Gasteiger partial charge in [0.2, 0.25) is 0 Å². The summed E-state index contributed by atoms with van der Waals surface area (Å²) >= 11 is 0. The third-order valence-electron chi connectivity index (χ3n) is 3.42. The number of piperidine rings is 1. The summed E-state index contributed by atoms with van der Waals surface area (Å²) < 4.78 is 0. The Bertz CT molecular complexity index is 352. The highest BCUT2D eigenvalue weighted by Gasteiger charge is 2.14. The van der Waals surface area contributed by atoms with Crippen molar-refractivity contribution >= 4 is 11.4 Å². The van der Waals surface area contributed by atoms with Crippen LogP contribution in [-0.2, 0) is 0 Å². The molecule has 0 spiro atoms. The molecule has 0 radical (unpaired) electrons. The molecular weight excluding hydrogens is 196 g/mol. The van der Waals surface area contributed by atoms with Crippen molar-refractivity contribution in [2.75, 3.05) is 23.7 Å². The van der Waals surface area contributed by atoms with E-state index in [0.29, 0.717) is 5.92 Å². The SMILES string of the molecule is CC(C)c1ccc(N)c(N2CCCCC2)c1. The number of hydrogen-bond donors (Lipinski definition) is 1. The molecule has 2 heteroatoms. The molecule has 0 saturated carbocycles. The van der Waals surface area contributed by atoms with Gasteiger partial charge in [0.05, 0.1) is 11.4 Å². The standard InChI is InChI=1S/C14H22N2/c1-11(2)12-6-7-13(15)14(10-12)16-8-4-3-5-9-16/h6-7,10-11H,3-5,8-9,15H2,1-2H3. The summed E-state index contributed by atoms with van der Waals surface area (Å²) in [6, 6.07) is 6.47. The zero-order valence-electron chi connectivity index (χ0n) is 10.4. The molecule has 0 unspecified atom stereocenters. The van der Waals surface area contributed by atoms with E-state index in [0.717, 1.165) is 18.8 Å². The predicted octanol–water partition coefficient (Wildman–Crippen LogP) is 3.38. The van der Waals surface area contributed by atoms with Crippen LogP contribution >= 0.6 is 0 Å². The van der Waals surface area contributed by atoms with Crippen molar-refractivity contribution in [1.82, 2.24) is 0 Å². The van der Waals surface area contributed by atoms with E-state index in [2.05, 4.69) is 36.9 Å². The normalized spacial score (nSPS) is 16.8. The Kier molecular flexibility index (Phi) is 3.37. The Morgan fingerprint density at radius 1 is 1.12 bits per heavy atom. The third kappa shape index (κ3) is 2.31. The second-order valence-corrected chi connectivity index (χ2v) is 5.02. The molecule has 16 heavy (non-hydrogen) atoms. The first-order valence-electron chi connectivity index (χ1n) is 6.33. The second kappa shape index (κ2) is 4.77. The van der Waals surface area contributed by atoms with Gasteiger partial charge in [0, 0.05) is 13.1 Å². The summed E-state index contributed by atoms with van der Waals surface area (Å²) in [6.07, 6.45) is 3.96. The van der Waals surface area contributed by atoms with Gasteiger partial charge in [-0.25, -0.2) is 0 Å². The van der Waals surface area contributed by atoms with Gasteiger partial charge in [-0.05, 0) is 42.9 Å². The van der Waals surface area contributed by atoms with Crippen molar-refractivity contribution in [3.8, 4) is 0 Å². The number of nitrogens with two attached hydrogens (primary N) is 1. The maximum Gasteiger partial charge on any atom is 0.0602 e. The van der Waals surface area contributed by atoms with Gasteiger partial charge in [-0.2, -0.15) is 0 Å². The molecule has 1 aromatic rings. The lowest BCUT2D eigenvalue weighted by atomic mass is 10.0.